The number of piperidine rings is 1. The van der Waals surface area contributed by atoms with Crippen LogP contribution in [0.25, 0.3) is 5.52 Å². The maximum atomic E-state index is 9.83. The molecule has 1 unspecified atom stereocenters. The molecule has 4 heteroatoms. The Morgan fingerprint density at radius 2 is 2.33 bits per heavy atom. The van der Waals surface area contributed by atoms with Crippen LogP contribution >= 0.6 is 0 Å². The minimum atomic E-state index is 0.301. The van der Waals surface area contributed by atoms with Crippen molar-refractivity contribution in [2.75, 3.05) is 13.1 Å². The molecule has 18 heavy (non-hydrogen) atoms. The lowest BCUT2D eigenvalue weighted by molar-refractivity contribution is 0.149. The van der Waals surface area contributed by atoms with Crippen molar-refractivity contribution in [3.05, 3.63) is 30.4 Å². The van der Waals surface area contributed by atoms with Gasteiger partial charge in [-0.05, 0) is 38.1 Å². The largest absolute Gasteiger partial charge is 0.506 e. The lowest BCUT2D eigenvalue weighted by Gasteiger charge is -2.33. The molecule has 3 rings (SSSR count). The molecule has 1 aliphatic rings. The lowest BCUT2D eigenvalue weighted by atomic mass is 10.0. The van der Waals surface area contributed by atoms with Crippen LogP contribution in [0.4, 0.5) is 0 Å². The van der Waals surface area contributed by atoms with Crippen molar-refractivity contribution in [1.29, 1.82) is 0 Å². The highest BCUT2D eigenvalue weighted by Gasteiger charge is 2.26. The van der Waals surface area contributed by atoms with Crippen LogP contribution in [-0.4, -0.2) is 32.5 Å². The summed E-state index contributed by atoms with van der Waals surface area (Å²) in [5, 5.41) is 9.83. The summed E-state index contributed by atoms with van der Waals surface area (Å²) in [4.78, 5) is 7.01. The Bertz CT molecular complexity index is 549. The molecule has 0 amide bonds. The van der Waals surface area contributed by atoms with Crippen LogP contribution in [0.2, 0.25) is 0 Å². The first-order chi connectivity index (χ1) is 8.81. The predicted octanol–water partition coefficient (Wildman–Crippen LogP) is 2.59. The zero-order valence-electron chi connectivity index (χ0n) is 10.7. The number of aromatic nitrogens is 2. The van der Waals surface area contributed by atoms with Gasteiger partial charge < -0.3 is 5.11 Å². The number of rotatable bonds is 2. The molecule has 0 aliphatic carbocycles. The van der Waals surface area contributed by atoms with E-state index in [0.29, 0.717) is 11.8 Å². The molecule has 1 saturated heterocycles. The first-order valence-electron chi connectivity index (χ1n) is 6.70. The fourth-order valence-electron chi connectivity index (χ4n) is 2.94. The quantitative estimate of drug-likeness (QED) is 0.884. The van der Waals surface area contributed by atoms with Gasteiger partial charge in [-0.1, -0.05) is 13.3 Å². The summed E-state index contributed by atoms with van der Waals surface area (Å²) in [6, 6.07) is 3.96. The van der Waals surface area contributed by atoms with E-state index in [2.05, 4.69) is 16.8 Å². The van der Waals surface area contributed by atoms with Crippen LogP contribution in [0.3, 0.4) is 0 Å². The Labute approximate surface area is 107 Å². The summed E-state index contributed by atoms with van der Waals surface area (Å²) in [6.07, 6.45) is 7.45. The fraction of sp³-hybridized carbons (Fsp3) is 0.500. The molecule has 0 saturated carbocycles. The molecule has 1 fully saturated rings. The van der Waals surface area contributed by atoms with Crippen LogP contribution in [0.1, 0.15) is 38.1 Å². The van der Waals surface area contributed by atoms with Crippen molar-refractivity contribution in [3.8, 4) is 5.75 Å². The Hall–Kier alpha value is -1.55. The van der Waals surface area contributed by atoms with E-state index in [4.69, 9.17) is 0 Å². The summed E-state index contributed by atoms with van der Waals surface area (Å²) >= 11 is 0. The third-order valence-electron chi connectivity index (χ3n) is 3.90. The molecule has 0 radical (unpaired) electrons. The highest BCUT2D eigenvalue weighted by Crippen LogP contribution is 2.31. The molecule has 4 nitrogen and oxygen atoms in total. The molecule has 0 spiro atoms. The molecule has 96 valence electrons. The van der Waals surface area contributed by atoms with Crippen LogP contribution < -0.4 is 0 Å². The summed E-state index contributed by atoms with van der Waals surface area (Å²) in [6.45, 7) is 4.40. The van der Waals surface area contributed by atoms with Gasteiger partial charge in [0.25, 0.3) is 0 Å². The van der Waals surface area contributed by atoms with Gasteiger partial charge in [-0.25, -0.2) is 4.98 Å². The van der Waals surface area contributed by atoms with E-state index in [-0.39, 0.29) is 0 Å². The molecule has 0 bridgehead atoms. The maximum Gasteiger partial charge on any atom is 0.141 e. The second-order valence-electron chi connectivity index (χ2n) is 4.91. The molecule has 2 aromatic rings. The van der Waals surface area contributed by atoms with Gasteiger partial charge in [0.05, 0.1) is 12.2 Å². The monoisotopic (exact) mass is 245 g/mol. The first kappa shape index (κ1) is 11.5. The van der Waals surface area contributed by atoms with Crippen LogP contribution in [0.5, 0.6) is 5.75 Å². The van der Waals surface area contributed by atoms with E-state index in [1.165, 1.54) is 12.8 Å². The van der Waals surface area contributed by atoms with Gasteiger partial charge in [0.2, 0.25) is 0 Å². The third-order valence-corrected chi connectivity index (χ3v) is 3.90. The highest BCUT2D eigenvalue weighted by atomic mass is 16.3. The molecule has 1 N–H and O–H groups in total. The van der Waals surface area contributed by atoms with Gasteiger partial charge in [0.15, 0.2) is 0 Å². The molecule has 3 heterocycles. The summed E-state index contributed by atoms with van der Waals surface area (Å²) < 4.78 is 2.02. The third kappa shape index (κ3) is 1.77. The van der Waals surface area contributed by atoms with Gasteiger partial charge in [-0.3, -0.25) is 9.30 Å². The fourth-order valence-corrected chi connectivity index (χ4v) is 2.94. The smallest absolute Gasteiger partial charge is 0.141 e. The highest BCUT2D eigenvalue weighted by molar-refractivity contribution is 5.58. The molecule has 1 aliphatic heterocycles. The number of hydrogen-bond donors (Lipinski definition) is 1. The van der Waals surface area contributed by atoms with Crippen molar-refractivity contribution in [3.63, 3.8) is 0 Å². The zero-order valence-corrected chi connectivity index (χ0v) is 10.7. The van der Waals surface area contributed by atoms with E-state index in [0.717, 1.165) is 30.9 Å². The van der Waals surface area contributed by atoms with Crippen LogP contribution in [0.15, 0.2) is 24.5 Å². The van der Waals surface area contributed by atoms with E-state index in [1.807, 2.05) is 16.7 Å². The Morgan fingerprint density at radius 3 is 3.17 bits per heavy atom. The summed E-state index contributed by atoms with van der Waals surface area (Å²) in [5.74, 6) is 1.36. The van der Waals surface area contributed by atoms with Crippen molar-refractivity contribution in [2.45, 2.75) is 32.2 Å². The molecular formula is C14H19N3O. The number of imidazole rings is 1. The zero-order chi connectivity index (χ0) is 12.5. The number of hydrogen-bond acceptors (Lipinski definition) is 3. The topological polar surface area (TPSA) is 40.8 Å². The van der Waals surface area contributed by atoms with Crippen LogP contribution in [-0.2, 0) is 0 Å². The van der Waals surface area contributed by atoms with Crippen molar-refractivity contribution in [1.82, 2.24) is 14.3 Å². The average Bonchev–Trinajstić information content (AvgIpc) is 2.84. The van der Waals surface area contributed by atoms with Gasteiger partial charge in [-0.2, -0.15) is 0 Å². The van der Waals surface area contributed by atoms with E-state index in [9.17, 15) is 5.11 Å². The number of aromatic hydroxyl groups is 1. The Morgan fingerprint density at radius 1 is 1.44 bits per heavy atom. The van der Waals surface area contributed by atoms with Gasteiger partial charge in [-0.15, -0.1) is 0 Å². The Balaban J connectivity index is 2.05. The summed E-state index contributed by atoms with van der Waals surface area (Å²) in [5.41, 5.74) is 0.800. The van der Waals surface area contributed by atoms with Crippen molar-refractivity contribution < 1.29 is 5.11 Å². The van der Waals surface area contributed by atoms with Gasteiger partial charge in [0, 0.05) is 6.20 Å². The van der Waals surface area contributed by atoms with Crippen LogP contribution in [0, 0.1) is 0 Å². The minimum absolute atomic E-state index is 0.301. The van der Waals surface area contributed by atoms with Crippen molar-refractivity contribution in [2.24, 2.45) is 0 Å². The molecule has 2 aromatic heterocycles. The summed E-state index contributed by atoms with van der Waals surface area (Å²) in [7, 11) is 0. The number of likely N-dealkylation sites (tertiary alicyclic amines) is 1. The van der Waals surface area contributed by atoms with Crippen molar-refractivity contribution >= 4 is 5.52 Å². The lowest BCUT2D eigenvalue weighted by Crippen LogP contribution is -2.34. The SMILES string of the molecule is CCN1CCCCC1c1ncc2c(O)cccn12. The molecular weight excluding hydrogens is 226 g/mol. The normalized spacial score (nSPS) is 21.5. The second-order valence-corrected chi connectivity index (χ2v) is 4.91. The number of fused-ring (bicyclic) bond motifs is 1. The number of nitrogens with zero attached hydrogens (tertiary/aromatic N) is 3. The van der Waals surface area contributed by atoms with E-state index >= 15 is 0 Å². The standard InChI is InChI=1S/C14H19N3O/c1-2-16-8-4-3-6-11(16)14-15-10-12-13(18)7-5-9-17(12)14/h5,7,9-11,18H,2-4,6,8H2,1H3. The van der Waals surface area contributed by atoms with E-state index < -0.39 is 0 Å². The molecule has 1 atom stereocenters. The number of pyridine rings is 1. The van der Waals surface area contributed by atoms with Gasteiger partial charge >= 0.3 is 0 Å². The van der Waals surface area contributed by atoms with Gasteiger partial charge in [0.1, 0.15) is 17.1 Å². The minimum Gasteiger partial charge on any atom is -0.506 e. The first-order valence-corrected chi connectivity index (χ1v) is 6.70. The second kappa shape index (κ2) is 4.61. The maximum absolute atomic E-state index is 9.83. The predicted molar refractivity (Wildman–Crippen MR) is 70.7 cm³/mol. The molecule has 0 aromatic carbocycles. The Kier molecular flexibility index (Phi) is 2.96. The average molecular weight is 245 g/mol. The van der Waals surface area contributed by atoms with E-state index in [1.54, 1.807) is 12.3 Å².